The van der Waals surface area contributed by atoms with Crippen LogP contribution in [0.5, 0.6) is 0 Å². The highest BCUT2D eigenvalue weighted by Crippen LogP contribution is 2.56. The van der Waals surface area contributed by atoms with Crippen LogP contribution in [0.1, 0.15) is 109 Å². The Labute approximate surface area is 659 Å². The monoisotopic (exact) mass is 1400 g/mol. The number of aromatic nitrogens is 2. The van der Waals surface area contributed by atoms with E-state index in [1.54, 1.807) is 70.5 Å². The van der Waals surface area contributed by atoms with Gasteiger partial charge in [-0.05, 0) is 179 Å². The number of benzene rings is 15. The molecule has 107 heavy (non-hydrogen) atoms. The minimum absolute atomic E-state index is 0.0245. The molecule has 2 aliphatic rings. The second-order valence-corrected chi connectivity index (χ2v) is 30.7. The zero-order chi connectivity index (χ0) is 91.8. The first-order valence-electron chi connectivity index (χ1n) is 47.1. The van der Waals surface area contributed by atoms with E-state index in [2.05, 4.69) is 41.5 Å². The zero-order valence-electron chi connectivity index (χ0n) is 82.5. The van der Waals surface area contributed by atoms with E-state index in [4.69, 9.17) is 0 Å². The van der Waals surface area contributed by atoms with Gasteiger partial charge in [0.25, 0.3) is 6.71 Å². The van der Waals surface area contributed by atoms with E-state index in [-0.39, 0.29) is 112 Å². The molecule has 4 heterocycles. The normalized spacial score (nSPS) is 15.7. The van der Waals surface area contributed by atoms with Crippen molar-refractivity contribution in [3.63, 3.8) is 0 Å². The van der Waals surface area contributed by atoms with Gasteiger partial charge < -0.3 is 18.9 Å². The zero-order valence-corrected chi connectivity index (χ0v) is 60.5. The van der Waals surface area contributed by atoms with Crippen LogP contribution in [-0.4, -0.2) is 15.8 Å². The molecule has 0 saturated heterocycles. The second-order valence-electron chi connectivity index (χ2n) is 30.7. The van der Waals surface area contributed by atoms with Gasteiger partial charge in [-0.1, -0.05) is 317 Å². The van der Waals surface area contributed by atoms with Crippen molar-refractivity contribution in [2.75, 3.05) is 9.80 Å². The van der Waals surface area contributed by atoms with E-state index in [0.29, 0.717) is 55.6 Å². The summed E-state index contributed by atoms with van der Waals surface area (Å²) < 4.78 is 234. The van der Waals surface area contributed by atoms with Gasteiger partial charge in [-0.2, -0.15) is 0 Å². The maximum atomic E-state index is 12.0. The third kappa shape index (κ3) is 11.0. The number of hydrogen-bond acceptors (Lipinski definition) is 2. The van der Waals surface area contributed by atoms with Crippen LogP contribution in [0.2, 0.25) is 0 Å². The summed E-state index contributed by atoms with van der Waals surface area (Å²) in [5.74, 6) is 0. The summed E-state index contributed by atoms with van der Waals surface area (Å²) in [4.78, 5) is 3.46. The fourth-order valence-electron chi connectivity index (χ4n) is 15.3. The smallest absolute Gasteiger partial charge is 0.252 e. The first-order valence-corrected chi connectivity index (χ1v) is 36.1. The lowest BCUT2D eigenvalue weighted by atomic mass is 9.33. The molecular formula is C102H83BN4. The summed E-state index contributed by atoms with van der Waals surface area (Å²) in [5, 5.41) is -1.24. The fourth-order valence-corrected chi connectivity index (χ4v) is 15.3. The van der Waals surface area contributed by atoms with Crippen LogP contribution in [0.25, 0.3) is 122 Å². The van der Waals surface area contributed by atoms with Gasteiger partial charge in [-0.15, -0.1) is 0 Å². The van der Waals surface area contributed by atoms with Crippen molar-refractivity contribution in [1.82, 2.24) is 9.13 Å². The molecule has 0 bridgehead atoms. The predicted molar refractivity (Wildman–Crippen MR) is 458 cm³/mol. The molecule has 0 aliphatic carbocycles. The molecule has 2 aromatic heterocycles. The number of nitrogens with zero attached hydrogens (tertiary/aromatic N) is 4. The van der Waals surface area contributed by atoms with Crippen LogP contribution in [0, 0.1) is 0 Å². The van der Waals surface area contributed by atoms with Crippen molar-refractivity contribution in [1.29, 1.82) is 0 Å². The molecule has 19 rings (SSSR count). The standard InChI is InChI=1S/C102H83BN4/c1-100(2,3)74-58-83(68-36-20-12-21-37-68)98(84(59-74)69-38-22-13-23-39-69)106-93-64-77(104-89-46-30-28-44-79(89)81-52-48-72(56-91(81)104)66-32-16-10-17-33-66)50-54-87(93)103-88-55-51-78(105-90-47-31-29-45-80(90)82-53-49-73(57-92(82)105)67-34-18-11-19-35-67)65-94(88)107(96-63-76(102(7,8)9)62-95(106)97(96)103)99-85(70-40-24-14-25-41-70)60-75(101(4,5)6)61-86(99)71-42-26-15-27-43-71/h10-65H,1-9H3/i28D,29D,30D,31D,44D,45D,46D,47D,48D,49D,50D,51D,52D,53D,54D,55D,56D,57D,62D,63D,64D,65D. The van der Waals surface area contributed by atoms with E-state index < -0.39 is 166 Å². The SMILES string of the molecule is [2H]c1c([2H])c(-n2c3c([2H])c([2H])c([2H])c([2H])c3c3c([2H])c([2H])c(-c4ccccc4)c([2H])c32)c([2H])c2c1B1c3c([2H])c([2H])c(-n4c5c([2H])c([2H])c([2H])c([2H])c5c5c([2H])c([2H])c(-c6ccccc6)c([2H])c54)c([2H])c3N(c3c(-c4ccccc4)cc(C(C)(C)C)cc3-c3ccccc3)c3c([2H])c(C(C)(C)C)c([2H])c(c31)N2c1c(-c2ccccc2)cc(C(C)(C)C)cc1-c1ccccc1. The lowest BCUT2D eigenvalue weighted by Gasteiger charge is -2.47. The molecule has 0 fully saturated rings. The van der Waals surface area contributed by atoms with Gasteiger partial charge in [0.1, 0.15) is 0 Å². The molecule has 15 aromatic carbocycles. The van der Waals surface area contributed by atoms with Gasteiger partial charge in [0.2, 0.25) is 0 Å². The molecule has 0 spiro atoms. The minimum Gasteiger partial charge on any atom is -0.310 e. The van der Waals surface area contributed by atoms with E-state index in [1.807, 2.05) is 166 Å². The maximum absolute atomic E-state index is 12.0. The molecule has 0 unspecified atom stereocenters. The van der Waals surface area contributed by atoms with Crippen molar-refractivity contribution in [2.24, 2.45) is 0 Å². The van der Waals surface area contributed by atoms with Crippen molar-refractivity contribution in [2.45, 2.75) is 78.6 Å². The summed E-state index contributed by atoms with van der Waals surface area (Å²) in [5.41, 5.74) is 0.885. The number of fused-ring (bicyclic) bond motifs is 10. The molecule has 4 nitrogen and oxygen atoms in total. The predicted octanol–water partition coefficient (Wildman–Crippen LogP) is 25.9. The van der Waals surface area contributed by atoms with Crippen LogP contribution >= 0.6 is 0 Å². The summed E-state index contributed by atoms with van der Waals surface area (Å²) in [6.45, 7) is 16.2. The number of para-hydroxylation sites is 2. The fraction of sp³-hybridized carbons (Fsp3) is 0.118. The third-order valence-electron chi connectivity index (χ3n) is 20.7. The van der Waals surface area contributed by atoms with Crippen LogP contribution in [0.4, 0.5) is 34.1 Å². The van der Waals surface area contributed by atoms with Crippen molar-refractivity contribution < 1.29 is 30.2 Å². The Kier molecular flexibility index (Phi) is 10.7. The molecule has 2 aliphatic heterocycles. The molecule has 514 valence electrons. The highest BCUT2D eigenvalue weighted by atomic mass is 15.2. The average molecular weight is 1400 g/mol. The van der Waals surface area contributed by atoms with Crippen LogP contribution < -0.4 is 26.2 Å². The molecule has 17 aromatic rings. The number of rotatable bonds is 10. The summed E-state index contributed by atoms with van der Waals surface area (Å²) in [7, 11) is 0. The Morgan fingerprint density at radius 3 is 0.907 bits per heavy atom. The Balaban J connectivity index is 1.11. The molecule has 0 N–H and O–H groups in total. The number of anilines is 6. The summed E-state index contributed by atoms with van der Waals surface area (Å²) in [6, 6.07) is 49.0. The Bertz CT molecular complexity index is 7170. The summed E-state index contributed by atoms with van der Waals surface area (Å²) in [6.07, 6.45) is 0. The molecule has 0 radical (unpaired) electrons. The average Bonchev–Trinajstić information content (AvgIpc) is 1.16. The summed E-state index contributed by atoms with van der Waals surface area (Å²) >= 11 is 0. The van der Waals surface area contributed by atoms with Gasteiger partial charge in [0.05, 0.1) is 63.6 Å². The Morgan fingerprint density at radius 1 is 0.271 bits per heavy atom. The molecule has 5 heteroatoms. The molecule has 0 atom stereocenters. The van der Waals surface area contributed by atoms with Crippen LogP contribution in [0.15, 0.2) is 339 Å². The van der Waals surface area contributed by atoms with Gasteiger partial charge in [-0.3, -0.25) is 0 Å². The lowest BCUT2D eigenvalue weighted by Crippen LogP contribution is -2.61. The first-order chi connectivity index (χ1) is 61.2. The Morgan fingerprint density at radius 2 is 0.579 bits per heavy atom. The maximum Gasteiger partial charge on any atom is 0.252 e. The van der Waals surface area contributed by atoms with E-state index in [9.17, 15) is 30.2 Å². The highest BCUT2D eigenvalue weighted by Gasteiger charge is 2.47. The third-order valence-corrected chi connectivity index (χ3v) is 20.7. The quantitative estimate of drug-likeness (QED) is 0.127. The van der Waals surface area contributed by atoms with Gasteiger partial charge in [-0.25, -0.2) is 0 Å². The second kappa shape index (κ2) is 25.1. The molecule has 0 saturated carbocycles. The van der Waals surface area contributed by atoms with Crippen LogP contribution in [-0.2, 0) is 16.2 Å². The Hall–Kier alpha value is -12.4. The molecule has 0 amide bonds. The van der Waals surface area contributed by atoms with E-state index in [0.717, 1.165) is 11.1 Å². The van der Waals surface area contributed by atoms with Crippen molar-refractivity contribution in [3.8, 4) is 78.1 Å². The number of hydrogen-bond donors (Lipinski definition) is 0. The van der Waals surface area contributed by atoms with Gasteiger partial charge in [0.15, 0.2) is 0 Å². The minimum atomic E-state index is -1.86. The van der Waals surface area contributed by atoms with E-state index in [1.165, 1.54) is 9.13 Å². The topological polar surface area (TPSA) is 16.3 Å². The lowest BCUT2D eigenvalue weighted by molar-refractivity contribution is 0.590. The molecular weight excluding hydrogens is 1290 g/mol. The van der Waals surface area contributed by atoms with Crippen molar-refractivity contribution in [3.05, 3.63) is 356 Å². The first kappa shape index (κ1) is 45.7. The van der Waals surface area contributed by atoms with Crippen LogP contribution in [0.3, 0.4) is 0 Å². The largest absolute Gasteiger partial charge is 0.310 e. The van der Waals surface area contributed by atoms with Gasteiger partial charge >= 0.3 is 0 Å². The van der Waals surface area contributed by atoms with Crippen molar-refractivity contribution >= 4 is 101 Å². The van der Waals surface area contributed by atoms with E-state index >= 15 is 0 Å². The van der Waals surface area contributed by atoms with Gasteiger partial charge in [0, 0.05) is 77.9 Å². The highest BCUT2D eigenvalue weighted by molar-refractivity contribution is 7.00.